The predicted octanol–water partition coefficient (Wildman–Crippen LogP) is 5.30. The van der Waals surface area contributed by atoms with Crippen molar-refractivity contribution in [3.8, 4) is 28.3 Å². The van der Waals surface area contributed by atoms with Gasteiger partial charge in [0.1, 0.15) is 0 Å². The number of tetrazole rings is 1. The van der Waals surface area contributed by atoms with Gasteiger partial charge in [-0.3, -0.25) is 4.79 Å². The summed E-state index contributed by atoms with van der Waals surface area (Å²) in [6.45, 7) is 2.51. The number of fused-ring (bicyclic) bond motifs is 1. The molecule has 0 fully saturated rings. The summed E-state index contributed by atoms with van der Waals surface area (Å²) in [5, 5.41) is 24.1. The van der Waals surface area contributed by atoms with Gasteiger partial charge in [0.2, 0.25) is 5.82 Å². The van der Waals surface area contributed by atoms with Gasteiger partial charge in [-0.05, 0) is 46.9 Å². The SMILES string of the molecule is CCCCc1cn(Cc2ccc(-c3ccccc3-c3nn[nH]n3)cc2)c2c(OC(=O)O)cccc2c1=O. The number of hydrogen-bond donors (Lipinski definition) is 2. The molecule has 0 aliphatic carbocycles. The predicted molar refractivity (Wildman–Crippen MR) is 140 cm³/mol. The number of nitrogens with zero attached hydrogens (tertiary/aromatic N) is 4. The number of nitrogens with one attached hydrogen (secondary N) is 1. The smallest absolute Gasteiger partial charge is 0.449 e. The van der Waals surface area contributed by atoms with Crippen molar-refractivity contribution < 1.29 is 14.6 Å². The van der Waals surface area contributed by atoms with Crippen LogP contribution in [0.5, 0.6) is 5.75 Å². The standard InChI is InChI=1S/C28H25N5O4/c1-2-3-7-20-17-33(25-23(26(20)34)10-6-11-24(25)37-28(35)36)16-18-12-14-19(15-13-18)21-8-4-5-9-22(21)27-29-31-32-30-27/h4-6,8-15,17H,2-3,7,16H2,1H3,(H,35,36)(H,29,30,31,32). The van der Waals surface area contributed by atoms with Gasteiger partial charge in [-0.25, -0.2) is 4.79 Å². The van der Waals surface area contributed by atoms with Crippen LogP contribution < -0.4 is 10.2 Å². The lowest BCUT2D eigenvalue weighted by Gasteiger charge is -2.16. The Labute approximate surface area is 212 Å². The second kappa shape index (κ2) is 10.4. The molecule has 0 radical (unpaired) electrons. The number of hydrogen-bond acceptors (Lipinski definition) is 6. The van der Waals surface area contributed by atoms with E-state index in [1.54, 1.807) is 18.2 Å². The molecule has 3 aromatic carbocycles. The molecule has 0 aliphatic heterocycles. The molecule has 0 atom stereocenters. The Morgan fingerprint density at radius 2 is 1.81 bits per heavy atom. The second-order valence-corrected chi connectivity index (χ2v) is 8.71. The topological polar surface area (TPSA) is 123 Å². The maximum Gasteiger partial charge on any atom is 0.511 e. The monoisotopic (exact) mass is 495 g/mol. The van der Waals surface area contributed by atoms with Gasteiger partial charge in [0.25, 0.3) is 0 Å². The molecule has 0 saturated carbocycles. The summed E-state index contributed by atoms with van der Waals surface area (Å²) >= 11 is 0. The number of aromatic nitrogens is 5. The van der Waals surface area contributed by atoms with E-state index >= 15 is 0 Å². The Morgan fingerprint density at radius 1 is 1.03 bits per heavy atom. The number of carbonyl (C=O) groups is 1. The van der Waals surface area contributed by atoms with Gasteiger partial charge in [0.15, 0.2) is 11.2 Å². The molecule has 2 heterocycles. The van der Waals surface area contributed by atoms with Gasteiger partial charge in [-0.1, -0.05) is 67.9 Å². The van der Waals surface area contributed by atoms with Crippen LogP contribution in [0, 0.1) is 0 Å². The highest BCUT2D eigenvalue weighted by atomic mass is 16.7. The summed E-state index contributed by atoms with van der Waals surface area (Å²) in [4.78, 5) is 24.5. The summed E-state index contributed by atoms with van der Waals surface area (Å²) in [6.07, 6.45) is 2.91. The molecule has 2 aromatic heterocycles. The third-order valence-electron chi connectivity index (χ3n) is 6.26. The number of para-hydroxylation sites is 1. The number of H-pyrrole nitrogens is 1. The van der Waals surface area contributed by atoms with Crippen LogP contribution in [-0.2, 0) is 13.0 Å². The third-order valence-corrected chi connectivity index (χ3v) is 6.26. The Morgan fingerprint density at radius 3 is 2.51 bits per heavy atom. The quantitative estimate of drug-likeness (QED) is 0.221. The lowest BCUT2D eigenvalue weighted by atomic mass is 9.98. The van der Waals surface area contributed by atoms with E-state index in [4.69, 9.17) is 4.74 Å². The lowest BCUT2D eigenvalue weighted by molar-refractivity contribution is 0.145. The van der Waals surface area contributed by atoms with Crippen LogP contribution in [0.15, 0.2) is 77.7 Å². The first kappa shape index (κ1) is 23.9. The van der Waals surface area contributed by atoms with Crippen LogP contribution >= 0.6 is 0 Å². The first-order valence-corrected chi connectivity index (χ1v) is 12.0. The molecule has 37 heavy (non-hydrogen) atoms. The Kier molecular flexibility index (Phi) is 6.76. The maximum absolute atomic E-state index is 13.2. The first-order valence-electron chi connectivity index (χ1n) is 12.0. The molecular weight excluding hydrogens is 470 g/mol. The molecule has 0 spiro atoms. The zero-order chi connectivity index (χ0) is 25.8. The Bertz CT molecular complexity index is 1610. The number of rotatable bonds is 8. The van der Waals surface area contributed by atoms with Gasteiger partial charge in [0.05, 0.1) is 5.52 Å². The van der Waals surface area contributed by atoms with E-state index in [0.29, 0.717) is 35.3 Å². The first-order chi connectivity index (χ1) is 18.0. The highest BCUT2D eigenvalue weighted by Crippen LogP contribution is 2.30. The number of aromatic amines is 1. The van der Waals surface area contributed by atoms with Gasteiger partial charge in [-0.2, -0.15) is 5.21 Å². The fourth-order valence-electron chi connectivity index (χ4n) is 4.52. The molecule has 5 rings (SSSR count). The lowest BCUT2D eigenvalue weighted by Crippen LogP contribution is -2.17. The van der Waals surface area contributed by atoms with Crippen LogP contribution in [-0.4, -0.2) is 36.5 Å². The zero-order valence-corrected chi connectivity index (χ0v) is 20.2. The molecule has 9 nitrogen and oxygen atoms in total. The highest BCUT2D eigenvalue weighted by molar-refractivity contribution is 5.87. The van der Waals surface area contributed by atoms with E-state index < -0.39 is 6.16 Å². The van der Waals surface area contributed by atoms with Gasteiger partial charge in [0, 0.05) is 29.3 Å². The van der Waals surface area contributed by atoms with Crippen LogP contribution in [0.4, 0.5) is 4.79 Å². The van der Waals surface area contributed by atoms with Crippen molar-refractivity contribution in [1.29, 1.82) is 0 Å². The molecule has 9 heteroatoms. The normalized spacial score (nSPS) is 11.1. The minimum Gasteiger partial charge on any atom is -0.449 e. The van der Waals surface area contributed by atoms with Crippen molar-refractivity contribution in [3.63, 3.8) is 0 Å². The number of aryl methyl sites for hydroxylation is 1. The summed E-state index contributed by atoms with van der Waals surface area (Å²) in [5.74, 6) is 0.653. The molecule has 0 aliphatic rings. The number of pyridine rings is 1. The molecule has 186 valence electrons. The van der Waals surface area contributed by atoms with E-state index in [9.17, 15) is 14.7 Å². The van der Waals surface area contributed by atoms with E-state index in [1.165, 1.54) is 0 Å². The number of benzene rings is 3. The van der Waals surface area contributed by atoms with Gasteiger partial charge < -0.3 is 14.4 Å². The number of carboxylic acid groups (broad SMARTS) is 1. The summed E-state index contributed by atoms with van der Waals surface area (Å²) in [5.41, 5.74) is 4.89. The molecule has 0 amide bonds. The van der Waals surface area contributed by atoms with Crippen LogP contribution in [0.2, 0.25) is 0 Å². The van der Waals surface area contributed by atoms with Gasteiger partial charge in [-0.15, -0.1) is 10.2 Å². The van der Waals surface area contributed by atoms with Crippen LogP contribution in [0.3, 0.4) is 0 Å². The average Bonchev–Trinajstić information content (AvgIpc) is 3.45. The molecule has 0 bridgehead atoms. The summed E-state index contributed by atoms with van der Waals surface area (Å²) in [6, 6.07) is 20.8. The van der Waals surface area contributed by atoms with Crippen LogP contribution in [0.1, 0.15) is 30.9 Å². The van der Waals surface area contributed by atoms with E-state index in [0.717, 1.165) is 35.1 Å². The summed E-state index contributed by atoms with van der Waals surface area (Å²) in [7, 11) is 0. The van der Waals surface area contributed by atoms with E-state index in [1.807, 2.05) is 59.3 Å². The molecule has 5 aromatic rings. The minimum absolute atomic E-state index is 0.0936. The van der Waals surface area contributed by atoms with Crippen LogP contribution in [0.25, 0.3) is 33.4 Å². The highest BCUT2D eigenvalue weighted by Gasteiger charge is 2.16. The molecule has 0 saturated heterocycles. The molecule has 2 N–H and O–H groups in total. The summed E-state index contributed by atoms with van der Waals surface area (Å²) < 4.78 is 6.95. The fraction of sp³-hybridized carbons (Fsp3) is 0.179. The van der Waals surface area contributed by atoms with Crippen molar-refractivity contribution in [2.75, 3.05) is 0 Å². The second-order valence-electron chi connectivity index (χ2n) is 8.71. The largest absolute Gasteiger partial charge is 0.511 e. The van der Waals surface area contributed by atoms with Crippen molar-refractivity contribution in [1.82, 2.24) is 25.2 Å². The third kappa shape index (κ3) is 4.97. The average molecular weight is 496 g/mol. The number of ether oxygens (including phenoxy) is 1. The Balaban J connectivity index is 1.55. The molecular formula is C28H25N5O4. The van der Waals surface area contributed by atoms with Crippen molar-refractivity contribution >= 4 is 17.1 Å². The van der Waals surface area contributed by atoms with E-state index in [-0.39, 0.29) is 11.2 Å². The van der Waals surface area contributed by atoms with Crippen molar-refractivity contribution in [2.24, 2.45) is 0 Å². The zero-order valence-electron chi connectivity index (χ0n) is 20.2. The Hall–Kier alpha value is -4.79. The number of unbranched alkanes of at least 4 members (excludes halogenated alkanes) is 1. The van der Waals surface area contributed by atoms with Crippen molar-refractivity contribution in [2.45, 2.75) is 32.7 Å². The fourth-order valence-corrected chi connectivity index (χ4v) is 4.52. The van der Waals surface area contributed by atoms with Gasteiger partial charge >= 0.3 is 6.16 Å². The minimum atomic E-state index is -1.42. The molecule has 0 unspecified atom stereocenters. The maximum atomic E-state index is 13.2. The van der Waals surface area contributed by atoms with E-state index in [2.05, 4.69) is 27.5 Å². The van der Waals surface area contributed by atoms with Crippen molar-refractivity contribution in [3.05, 3.63) is 94.3 Å².